The predicted octanol–water partition coefficient (Wildman–Crippen LogP) is 5.62. The first-order chi connectivity index (χ1) is 14.9. The van der Waals surface area contributed by atoms with Crippen LogP contribution >= 0.6 is 23.8 Å². The van der Waals surface area contributed by atoms with E-state index >= 15 is 0 Å². The van der Waals surface area contributed by atoms with Gasteiger partial charge in [0.1, 0.15) is 6.26 Å². The van der Waals surface area contributed by atoms with Crippen molar-refractivity contribution in [3.63, 3.8) is 0 Å². The summed E-state index contributed by atoms with van der Waals surface area (Å²) in [4.78, 5) is 0. The monoisotopic (exact) mass is 496 g/mol. The van der Waals surface area contributed by atoms with Gasteiger partial charge in [0.25, 0.3) is 0 Å². The quantitative estimate of drug-likeness (QED) is 0.274. The van der Waals surface area contributed by atoms with E-state index < -0.39 is 11.5 Å². The van der Waals surface area contributed by atoms with E-state index in [9.17, 15) is 0 Å². The lowest BCUT2D eigenvalue weighted by atomic mass is 10.1. The summed E-state index contributed by atoms with van der Waals surface area (Å²) >= 11 is 17.0. The summed E-state index contributed by atoms with van der Waals surface area (Å²) in [5.74, 6) is 0. The Morgan fingerprint density at radius 3 is 1.58 bits per heavy atom. The molecule has 0 saturated carbocycles. The molecule has 4 rings (SSSR count). The molecule has 0 heterocycles. The second kappa shape index (κ2) is 9.55. The van der Waals surface area contributed by atoms with Gasteiger partial charge in [0.15, 0.2) is 0 Å². The number of benzene rings is 4. The standard InChI is InChI=1S/C25H22OP2S3/c1-26-27(29,22-12-4-2-5-13-22)24-16-8-10-20(18-24)21-11-9-17-25(19-21)28(30,31)23-14-6-3-7-15-23/h2-19H,1H3,(H,30,31). The molecule has 4 aromatic rings. The lowest BCUT2D eigenvalue weighted by Crippen LogP contribution is -2.17. The molecule has 0 saturated heterocycles. The van der Waals surface area contributed by atoms with Crippen molar-refractivity contribution in [2.24, 2.45) is 0 Å². The number of thiol groups is 1. The summed E-state index contributed by atoms with van der Waals surface area (Å²) in [6, 6.07) is 37.1. The molecule has 0 aliphatic rings. The van der Waals surface area contributed by atoms with Crippen LogP contribution in [0.2, 0.25) is 0 Å². The minimum absolute atomic E-state index is 1.03. The van der Waals surface area contributed by atoms with Crippen LogP contribution in [0.5, 0.6) is 0 Å². The Hall–Kier alpha value is -1.51. The zero-order valence-corrected chi connectivity index (χ0v) is 21.3. The van der Waals surface area contributed by atoms with Gasteiger partial charge in [0, 0.05) is 17.7 Å². The smallest absolute Gasteiger partial charge is 0.122 e. The van der Waals surface area contributed by atoms with E-state index in [0.717, 1.165) is 32.3 Å². The van der Waals surface area contributed by atoms with Crippen molar-refractivity contribution in [3.05, 3.63) is 109 Å². The van der Waals surface area contributed by atoms with Gasteiger partial charge in [0.2, 0.25) is 0 Å². The van der Waals surface area contributed by atoms with Gasteiger partial charge >= 0.3 is 0 Å². The number of hydrogen-bond acceptors (Lipinski definition) is 3. The third kappa shape index (κ3) is 4.66. The van der Waals surface area contributed by atoms with Crippen molar-refractivity contribution < 1.29 is 4.52 Å². The maximum atomic E-state index is 6.06. The van der Waals surface area contributed by atoms with E-state index in [1.807, 2.05) is 54.6 Å². The first-order valence-corrected chi connectivity index (χ1v) is 16.4. The molecule has 4 aromatic carbocycles. The first kappa shape index (κ1) is 22.7. The highest BCUT2D eigenvalue weighted by Crippen LogP contribution is 2.49. The first-order valence-electron chi connectivity index (χ1n) is 9.76. The van der Waals surface area contributed by atoms with Gasteiger partial charge in [-0.25, -0.2) is 0 Å². The van der Waals surface area contributed by atoms with Crippen LogP contribution in [-0.2, 0) is 28.1 Å². The van der Waals surface area contributed by atoms with Crippen molar-refractivity contribution in [2.75, 3.05) is 7.11 Å². The fourth-order valence-corrected chi connectivity index (χ4v) is 9.04. The van der Waals surface area contributed by atoms with Crippen molar-refractivity contribution in [1.82, 2.24) is 0 Å². The van der Waals surface area contributed by atoms with E-state index in [-0.39, 0.29) is 0 Å². The molecule has 2 unspecified atom stereocenters. The Labute approximate surface area is 199 Å². The molecule has 0 aliphatic carbocycles. The van der Waals surface area contributed by atoms with E-state index in [4.69, 9.17) is 40.4 Å². The molecule has 6 heteroatoms. The highest BCUT2D eigenvalue weighted by Gasteiger charge is 2.23. The van der Waals surface area contributed by atoms with E-state index in [0.29, 0.717) is 0 Å². The maximum Gasteiger partial charge on any atom is 0.122 e. The Morgan fingerprint density at radius 2 is 1.03 bits per heavy atom. The van der Waals surface area contributed by atoms with Gasteiger partial charge < -0.3 is 4.52 Å². The number of hydrogen-bond donors (Lipinski definition) is 1. The topological polar surface area (TPSA) is 9.23 Å². The second-order valence-corrected chi connectivity index (χ2v) is 17.6. The number of rotatable bonds is 6. The summed E-state index contributed by atoms with van der Waals surface area (Å²) in [5.41, 5.74) is 2.20. The third-order valence-corrected chi connectivity index (χ3v) is 14.0. The fourth-order valence-electron chi connectivity index (χ4n) is 3.51. The van der Waals surface area contributed by atoms with E-state index in [1.165, 1.54) is 0 Å². The van der Waals surface area contributed by atoms with Crippen molar-refractivity contribution >= 4 is 68.6 Å². The molecule has 0 fully saturated rings. The molecule has 1 nitrogen and oxygen atoms in total. The minimum atomic E-state index is -2.34. The highest BCUT2D eigenvalue weighted by atomic mass is 32.9. The van der Waals surface area contributed by atoms with Gasteiger partial charge in [-0.05, 0) is 33.9 Å². The van der Waals surface area contributed by atoms with Crippen molar-refractivity contribution in [1.29, 1.82) is 0 Å². The van der Waals surface area contributed by atoms with Crippen LogP contribution in [0.1, 0.15) is 0 Å². The van der Waals surface area contributed by atoms with Crippen LogP contribution < -0.4 is 21.2 Å². The minimum Gasteiger partial charge on any atom is -0.346 e. The molecule has 0 radical (unpaired) electrons. The third-order valence-electron chi connectivity index (χ3n) is 5.17. The van der Waals surface area contributed by atoms with Crippen LogP contribution in [0.4, 0.5) is 0 Å². The normalized spacial score (nSPS) is 15.0. The van der Waals surface area contributed by atoms with E-state index in [2.05, 4.69) is 54.6 Å². The molecular weight excluding hydrogens is 474 g/mol. The summed E-state index contributed by atoms with van der Waals surface area (Å²) in [6.07, 6.45) is -2.34. The second-order valence-electron chi connectivity index (χ2n) is 7.08. The summed E-state index contributed by atoms with van der Waals surface area (Å²) < 4.78 is 5.94. The molecule has 0 spiro atoms. The van der Waals surface area contributed by atoms with Crippen LogP contribution in [0.25, 0.3) is 11.1 Å². The molecule has 156 valence electrons. The molecule has 0 N–H and O–H groups in total. The molecule has 31 heavy (non-hydrogen) atoms. The average molecular weight is 497 g/mol. The lowest BCUT2D eigenvalue weighted by molar-refractivity contribution is 0.472. The molecule has 0 bridgehead atoms. The summed E-state index contributed by atoms with van der Waals surface area (Å²) in [6.45, 7) is 0. The Balaban J connectivity index is 1.77. The van der Waals surface area contributed by atoms with Crippen molar-refractivity contribution in [2.45, 2.75) is 0 Å². The Morgan fingerprint density at radius 1 is 0.581 bits per heavy atom. The van der Waals surface area contributed by atoms with Gasteiger partial charge in [-0.2, -0.15) is 0 Å². The van der Waals surface area contributed by atoms with Crippen LogP contribution in [-0.4, -0.2) is 7.11 Å². The SMILES string of the molecule is COP(=S)(c1ccccc1)c1cccc(-c2cccc(P(=S)(S)c3ccccc3)c2)c1. The fraction of sp³-hybridized carbons (Fsp3) is 0.0400. The van der Waals surface area contributed by atoms with Gasteiger partial charge in [0.05, 0.1) is 5.24 Å². The summed E-state index contributed by atoms with van der Waals surface area (Å²) in [5, 5.41) is 2.10. The largest absolute Gasteiger partial charge is 0.346 e. The summed E-state index contributed by atoms with van der Waals surface area (Å²) in [7, 11) is 1.71. The van der Waals surface area contributed by atoms with Crippen molar-refractivity contribution in [3.8, 4) is 11.1 Å². The van der Waals surface area contributed by atoms with Crippen LogP contribution in [0.15, 0.2) is 109 Å². The zero-order valence-electron chi connectivity index (χ0n) is 17.0. The van der Waals surface area contributed by atoms with E-state index in [1.54, 1.807) is 7.11 Å². The van der Waals surface area contributed by atoms with Crippen LogP contribution in [0, 0.1) is 0 Å². The maximum absolute atomic E-state index is 6.06. The molecule has 0 aliphatic heterocycles. The Kier molecular flexibility index (Phi) is 6.98. The molecule has 0 amide bonds. The zero-order chi connectivity index (χ0) is 21.9. The lowest BCUT2D eigenvalue weighted by Gasteiger charge is -2.22. The van der Waals surface area contributed by atoms with Gasteiger partial charge in [-0.3, -0.25) is 0 Å². The van der Waals surface area contributed by atoms with Gasteiger partial charge in [-0.15, -0.1) is 12.2 Å². The van der Waals surface area contributed by atoms with Crippen LogP contribution in [0.3, 0.4) is 0 Å². The van der Waals surface area contributed by atoms with Gasteiger partial charge in [-0.1, -0.05) is 121 Å². The molecule has 0 aromatic heterocycles. The Bertz CT molecular complexity index is 1290. The molecular formula is C25H22OP2S3. The molecule has 2 atom stereocenters. The highest BCUT2D eigenvalue weighted by molar-refractivity contribution is 8.68. The average Bonchev–Trinajstić information content (AvgIpc) is 2.85. The predicted molar refractivity (Wildman–Crippen MR) is 148 cm³/mol.